The molecule has 30 heavy (non-hydrogen) atoms. The molecule has 0 fully saturated rings. The fourth-order valence-electron chi connectivity index (χ4n) is 3.37. The van der Waals surface area contributed by atoms with Gasteiger partial charge in [-0.1, -0.05) is 76.6 Å². The minimum Gasteiger partial charge on any atom is -0.362 e. The van der Waals surface area contributed by atoms with Crippen LogP contribution in [-0.4, -0.2) is 23.3 Å². The molecule has 0 aliphatic rings. The summed E-state index contributed by atoms with van der Waals surface area (Å²) in [5, 5.41) is 16.9. The van der Waals surface area contributed by atoms with Crippen molar-refractivity contribution in [2.75, 3.05) is 23.7 Å². The minimum atomic E-state index is 0.668. The van der Waals surface area contributed by atoms with Crippen molar-refractivity contribution < 1.29 is 0 Å². The van der Waals surface area contributed by atoms with E-state index in [0.717, 1.165) is 48.1 Å². The molecule has 2 aromatic carbocycles. The highest BCUT2D eigenvalue weighted by atomic mass is 32.1. The molecule has 4 nitrogen and oxygen atoms in total. The van der Waals surface area contributed by atoms with E-state index in [1.165, 1.54) is 38.5 Å². The Morgan fingerprint density at radius 1 is 0.633 bits per heavy atom. The summed E-state index contributed by atoms with van der Waals surface area (Å²) < 4.78 is 0. The highest BCUT2D eigenvalue weighted by Gasteiger charge is 2.07. The number of anilines is 2. The maximum absolute atomic E-state index is 5.49. The fourth-order valence-corrected chi connectivity index (χ4v) is 3.79. The van der Waals surface area contributed by atoms with Crippen molar-refractivity contribution in [2.45, 2.75) is 65.2 Å². The molecule has 0 heterocycles. The van der Waals surface area contributed by atoms with E-state index in [9.17, 15) is 0 Å². The quantitative estimate of drug-likeness (QED) is 0.219. The van der Waals surface area contributed by atoms with Crippen LogP contribution in [0.4, 0.5) is 11.4 Å². The summed E-state index contributed by atoms with van der Waals surface area (Å²) >= 11 is 11.0. The van der Waals surface area contributed by atoms with Crippen LogP contribution < -0.4 is 21.3 Å². The third kappa shape index (κ3) is 8.44. The molecular formula is C24H36N4S2. The van der Waals surface area contributed by atoms with Crippen LogP contribution in [0.25, 0.3) is 10.8 Å². The molecule has 0 spiro atoms. The third-order valence-electron chi connectivity index (χ3n) is 5.05. The van der Waals surface area contributed by atoms with Crippen LogP contribution >= 0.6 is 24.4 Å². The number of nitrogens with one attached hydrogen (secondary N) is 4. The average Bonchev–Trinajstić information content (AvgIpc) is 2.74. The summed E-state index contributed by atoms with van der Waals surface area (Å²) in [6.07, 6.45) is 9.79. The number of fused-ring (bicyclic) bond motifs is 1. The third-order valence-corrected chi connectivity index (χ3v) is 5.54. The first-order valence-electron chi connectivity index (χ1n) is 11.3. The Hall–Kier alpha value is -1.92. The summed E-state index contributed by atoms with van der Waals surface area (Å²) in [6, 6.07) is 12.4. The molecule has 0 radical (unpaired) electrons. The summed E-state index contributed by atoms with van der Waals surface area (Å²) in [4.78, 5) is 0. The smallest absolute Gasteiger partial charge is 0.170 e. The van der Waals surface area contributed by atoms with E-state index in [-0.39, 0.29) is 0 Å². The number of benzene rings is 2. The van der Waals surface area contributed by atoms with E-state index in [2.05, 4.69) is 59.4 Å². The number of unbranched alkanes of at least 4 members (excludes halogenated alkanes) is 6. The molecule has 0 unspecified atom stereocenters. The Labute approximate surface area is 192 Å². The van der Waals surface area contributed by atoms with E-state index >= 15 is 0 Å². The van der Waals surface area contributed by atoms with Gasteiger partial charge in [-0.3, -0.25) is 0 Å². The van der Waals surface area contributed by atoms with Crippen molar-refractivity contribution in [1.29, 1.82) is 0 Å². The minimum absolute atomic E-state index is 0.668. The highest BCUT2D eigenvalue weighted by Crippen LogP contribution is 2.29. The van der Waals surface area contributed by atoms with E-state index in [0.29, 0.717) is 10.2 Å². The molecule has 0 aliphatic carbocycles. The van der Waals surface area contributed by atoms with E-state index in [4.69, 9.17) is 24.4 Å². The highest BCUT2D eigenvalue weighted by molar-refractivity contribution is 7.80. The fraction of sp³-hybridized carbons (Fsp3) is 0.500. The van der Waals surface area contributed by atoms with Crippen LogP contribution in [-0.2, 0) is 0 Å². The van der Waals surface area contributed by atoms with Crippen LogP contribution in [0.15, 0.2) is 36.4 Å². The first-order valence-corrected chi connectivity index (χ1v) is 12.1. The largest absolute Gasteiger partial charge is 0.362 e. The molecule has 2 rings (SSSR count). The molecule has 2 aromatic rings. The summed E-state index contributed by atoms with van der Waals surface area (Å²) in [6.45, 7) is 6.25. The zero-order valence-electron chi connectivity index (χ0n) is 18.4. The van der Waals surface area contributed by atoms with Gasteiger partial charge in [0, 0.05) is 35.2 Å². The Balaban J connectivity index is 1.95. The Kier molecular flexibility index (Phi) is 11.5. The van der Waals surface area contributed by atoms with Gasteiger partial charge in [-0.2, -0.15) is 0 Å². The average molecular weight is 445 g/mol. The first kappa shape index (κ1) is 24.4. The molecular weight excluding hydrogens is 408 g/mol. The maximum Gasteiger partial charge on any atom is 0.170 e. The molecule has 0 bridgehead atoms. The van der Waals surface area contributed by atoms with Gasteiger partial charge in [0.2, 0.25) is 0 Å². The first-order chi connectivity index (χ1) is 14.7. The van der Waals surface area contributed by atoms with Gasteiger partial charge in [0.25, 0.3) is 0 Å². The number of hydrogen-bond acceptors (Lipinski definition) is 2. The molecule has 0 aromatic heterocycles. The summed E-state index contributed by atoms with van der Waals surface area (Å²) in [5.41, 5.74) is 2.00. The van der Waals surface area contributed by atoms with Gasteiger partial charge < -0.3 is 21.3 Å². The normalized spacial score (nSPS) is 10.6. The van der Waals surface area contributed by atoms with Gasteiger partial charge in [0.05, 0.1) is 0 Å². The van der Waals surface area contributed by atoms with Gasteiger partial charge in [-0.05, 0) is 49.4 Å². The SMILES string of the molecule is CCCCCCNC(=S)Nc1cccc2c(NC(=S)NCCCCCC)cccc12. The number of rotatable bonds is 12. The predicted octanol–water partition coefficient (Wildman–Crippen LogP) is 6.57. The monoisotopic (exact) mass is 444 g/mol. The maximum atomic E-state index is 5.49. The topological polar surface area (TPSA) is 48.1 Å². The Morgan fingerprint density at radius 3 is 1.47 bits per heavy atom. The van der Waals surface area contributed by atoms with E-state index in [1.54, 1.807) is 0 Å². The second-order valence-electron chi connectivity index (χ2n) is 7.59. The molecule has 0 atom stereocenters. The molecule has 4 N–H and O–H groups in total. The van der Waals surface area contributed by atoms with Crippen molar-refractivity contribution in [3.8, 4) is 0 Å². The van der Waals surface area contributed by atoms with Crippen LogP contribution in [0.5, 0.6) is 0 Å². The second-order valence-corrected chi connectivity index (χ2v) is 8.41. The van der Waals surface area contributed by atoms with Crippen molar-refractivity contribution >= 4 is 56.8 Å². The lowest BCUT2D eigenvalue weighted by atomic mass is 10.1. The van der Waals surface area contributed by atoms with Crippen LogP contribution in [0, 0.1) is 0 Å². The lowest BCUT2D eigenvalue weighted by Crippen LogP contribution is -2.29. The van der Waals surface area contributed by atoms with Crippen molar-refractivity contribution in [3.05, 3.63) is 36.4 Å². The standard InChI is InChI=1S/C24H36N4S2/c1-3-5-7-9-17-25-23(29)27-21-15-11-14-20-19(21)13-12-16-22(20)28-24(30)26-18-10-8-6-4-2/h11-16H,3-10,17-18H2,1-2H3,(H2,25,27,29)(H2,26,28,30). The second kappa shape index (κ2) is 14.1. The lowest BCUT2D eigenvalue weighted by Gasteiger charge is -2.16. The van der Waals surface area contributed by atoms with Crippen LogP contribution in [0.1, 0.15) is 65.2 Å². The molecule has 0 saturated carbocycles. The molecule has 0 saturated heterocycles. The van der Waals surface area contributed by atoms with Crippen LogP contribution in [0.2, 0.25) is 0 Å². The Morgan fingerprint density at radius 2 is 1.07 bits per heavy atom. The van der Waals surface area contributed by atoms with E-state index in [1.807, 2.05) is 12.1 Å². The van der Waals surface area contributed by atoms with Crippen molar-refractivity contribution in [2.24, 2.45) is 0 Å². The van der Waals surface area contributed by atoms with Gasteiger partial charge >= 0.3 is 0 Å². The number of thiocarbonyl (C=S) groups is 2. The van der Waals surface area contributed by atoms with Crippen LogP contribution in [0.3, 0.4) is 0 Å². The van der Waals surface area contributed by atoms with Gasteiger partial charge in [0.1, 0.15) is 0 Å². The van der Waals surface area contributed by atoms with Gasteiger partial charge in [0.15, 0.2) is 10.2 Å². The number of hydrogen-bond donors (Lipinski definition) is 4. The van der Waals surface area contributed by atoms with E-state index < -0.39 is 0 Å². The molecule has 0 amide bonds. The summed E-state index contributed by atoms with van der Waals surface area (Å²) in [7, 11) is 0. The predicted molar refractivity (Wildman–Crippen MR) is 141 cm³/mol. The Bertz CT molecular complexity index is 740. The molecule has 6 heteroatoms. The lowest BCUT2D eigenvalue weighted by molar-refractivity contribution is 0.655. The van der Waals surface area contributed by atoms with Crippen molar-refractivity contribution in [1.82, 2.24) is 10.6 Å². The molecule has 0 aliphatic heterocycles. The zero-order chi connectivity index (χ0) is 21.6. The zero-order valence-corrected chi connectivity index (χ0v) is 20.0. The van der Waals surface area contributed by atoms with Crippen molar-refractivity contribution in [3.63, 3.8) is 0 Å². The van der Waals surface area contributed by atoms with Gasteiger partial charge in [-0.25, -0.2) is 0 Å². The summed E-state index contributed by atoms with van der Waals surface area (Å²) in [5.74, 6) is 0. The van der Waals surface area contributed by atoms with Gasteiger partial charge in [-0.15, -0.1) is 0 Å². The molecule has 164 valence electrons.